The molecule has 0 saturated carbocycles. The molecule has 7 N–H and O–H groups in total. The van der Waals surface area contributed by atoms with Gasteiger partial charge in [-0.1, -0.05) is 61.0 Å². The van der Waals surface area contributed by atoms with Crippen LogP contribution in [0.1, 0.15) is 55.2 Å². The van der Waals surface area contributed by atoms with Crippen LogP contribution in [-0.4, -0.2) is 105 Å². The van der Waals surface area contributed by atoms with E-state index in [0.717, 1.165) is 44.6 Å². The van der Waals surface area contributed by atoms with Crippen molar-refractivity contribution in [3.8, 4) is 0 Å². The van der Waals surface area contributed by atoms with E-state index in [-0.39, 0.29) is 36.2 Å². The smallest absolute Gasteiger partial charge is 0.242 e. The number of sulfone groups is 1. The van der Waals surface area contributed by atoms with Crippen molar-refractivity contribution in [3.63, 3.8) is 0 Å². The lowest BCUT2D eigenvalue weighted by molar-refractivity contribution is -0.130. The van der Waals surface area contributed by atoms with Crippen molar-refractivity contribution < 1.29 is 27.6 Å². The molecule has 6 bridgehead atoms. The Kier molecular flexibility index (Phi) is 16.2. The monoisotopic (exact) mass is 800 g/mol. The second-order valence-corrected chi connectivity index (χ2v) is 17.1. The molecule has 57 heavy (non-hydrogen) atoms. The second kappa shape index (κ2) is 21.4. The van der Waals surface area contributed by atoms with Gasteiger partial charge in [0, 0.05) is 82.9 Å². The van der Waals surface area contributed by atoms with Crippen molar-refractivity contribution >= 4 is 50.7 Å². The summed E-state index contributed by atoms with van der Waals surface area (Å²) in [6.07, 6.45) is 3.46. The number of amides is 4. The van der Waals surface area contributed by atoms with Gasteiger partial charge in [0.1, 0.15) is 6.04 Å². The van der Waals surface area contributed by atoms with E-state index in [1.165, 1.54) is 0 Å². The molecular weight excluding hydrogens is 745 g/mol. The van der Waals surface area contributed by atoms with Crippen LogP contribution in [0.4, 0.5) is 11.4 Å². The van der Waals surface area contributed by atoms with E-state index in [9.17, 15) is 27.6 Å². The Bertz CT molecular complexity index is 1920. The standard InChI is InChI=1S/C42H56N8O6S/c43-38(44)9-5-2-6-20-45-42(54)37-28-32-12-16-36(17-13-32)47-40(52)19-22-50-25-23-49(24-26-50)21-18-39(51)46-35-14-10-31(11-15-35)27-34(41(53)48-37)30-57(55,56)29-33-7-3-1-4-8-33/h1,3-4,7-8,10-17,34,37H,2,5-6,9,18-30H2,(H3,43,44)(H,45,54)(H,46,51)(H,47,52)(H,48,53)/t34-,37-/m0/s1. The molecule has 0 aliphatic carbocycles. The number of rotatable bonds is 11. The Balaban J connectivity index is 1.38. The highest BCUT2D eigenvalue weighted by atomic mass is 32.2. The first-order chi connectivity index (χ1) is 27.4. The fourth-order valence-corrected chi connectivity index (χ4v) is 8.74. The molecule has 3 aromatic carbocycles. The first-order valence-electron chi connectivity index (χ1n) is 19.8. The summed E-state index contributed by atoms with van der Waals surface area (Å²) in [6, 6.07) is 21.9. The van der Waals surface area contributed by atoms with Gasteiger partial charge in [-0.15, -0.1) is 0 Å². The highest BCUT2D eigenvalue weighted by molar-refractivity contribution is 7.90. The van der Waals surface area contributed by atoms with E-state index in [1.54, 1.807) is 78.9 Å². The van der Waals surface area contributed by atoms with E-state index in [0.29, 0.717) is 67.8 Å². The van der Waals surface area contributed by atoms with Crippen LogP contribution in [-0.2, 0) is 47.6 Å². The van der Waals surface area contributed by atoms with Crippen molar-refractivity contribution in [1.29, 1.82) is 5.41 Å². The topological polar surface area (TPSA) is 207 Å². The number of carbonyl (C=O) groups excluding carboxylic acids is 4. The Morgan fingerprint density at radius 2 is 1.28 bits per heavy atom. The largest absolute Gasteiger partial charge is 0.388 e. The van der Waals surface area contributed by atoms with Crippen LogP contribution >= 0.6 is 0 Å². The van der Waals surface area contributed by atoms with Crippen LogP contribution in [0.5, 0.6) is 0 Å². The molecule has 4 amide bonds. The van der Waals surface area contributed by atoms with Crippen LogP contribution < -0.4 is 27.0 Å². The average Bonchev–Trinajstić information content (AvgIpc) is 3.18. The zero-order valence-electron chi connectivity index (χ0n) is 32.5. The first kappa shape index (κ1) is 43.0. The van der Waals surface area contributed by atoms with Gasteiger partial charge in [0.15, 0.2) is 9.84 Å². The number of benzene rings is 3. The lowest BCUT2D eigenvalue weighted by atomic mass is 9.98. The minimum Gasteiger partial charge on any atom is -0.388 e. The predicted octanol–water partition coefficient (Wildman–Crippen LogP) is 3.09. The van der Waals surface area contributed by atoms with Gasteiger partial charge >= 0.3 is 0 Å². The third-order valence-electron chi connectivity index (χ3n) is 10.3. The lowest BCUT2D eigenvalue weighted by Gasteiger charge is -2.34. The number of nitrogens with zero attached hydrogens (tertiary/aromatic N) is 2. The summed E-state index contributed by atoms with van der Waals surface area (Å²) < 4.78 is 27.2. The number of carbonyl (C=O) groups is 4. The number of nitrogens with two attached hydrogens (primary N) is 1. The van der Waals surface area contributed by atoms with E-state index in [2.05, 4.69) is 31.1 Å². The van der Waals surface area contributed by atoms with E-state index < -0.39 is 39.4 Å². The van der Waals surface area contributed by atoms with Crippen LogP contribution in [0.15, 0.2) is 78.9 Å². The zero-order valence-corrected chi connectivity index (χ0v) is 33.3. The minimum absolute atomic E-state index is 0.0823. The highest BCUT2D eigenvalue weighted by Crippen LogP contribution is 2.19. The van der Waals surface area contributed by atoms with Crippen molar-refractivity contribution in [2.24, 2.45) is 11.7 Å². The third kappa shape index (κ3) is 15.0. The second-order valence-electron chi connectivity index (χ2n) is 15.0. The van der Waals surface area contributed by atoms with Crippen LogP contribution in [0, 0.1) is 11.3 Å². The maximum Gasteiger partial charge on any atom is 0.242 e. The molecule has 5 aliphatic heterocycles. The minimum atomic E-state index is -3.78. The third-order valence-corrected chi connectivity index (χ3v) is 12.0. The van der Waals surface area contributed by atoms with Gasteiger partial charge < -0.3 is 36.8 Å². The van der Waals surface area contributed by atoms with Crippen LogP contribution in [0.2, 0.25) is 0 Å². The molecule has 5 heterocycles. The van der Waals surface area contributed by atoms with E-state index in [4.69, 9.17) is 11.1 Å². The molecule has 0 spiro atoms. The maximum absolute atomic E-state index is 14.2. The highest BCUT2D eigenvalue weighted by Gasteiger charge is 2.30. The SMILES string of the molecule is N=C(N)CCCCCNC(=O)[C@@H]1Cc2ccc(cc2)NC(=O)CCN2CCN(CCC(=O)Nc3ccc(cc3)C[C@@H](CS(=O)(=O)Cc3ccccc3)C(=O)N1)CC2. The molecule has 3 aromatic rings. The number of hydrogen-bond acceptors (Lipinski definition) is 9. The molecule has 14 nitrogen and oxygen atoms in total. The molecule has 2 atom stereocenters. The van der Waals surface area contributed by atoms with Gasteiger partial charge in [-0.05, 0) is 60.2 Å². The van der Waals surface area contributed by atoms with E-state index in [1.807, 2.05) is 0 Å². The van der Waals surface area contributed by atoms with Crippen LogP contribution in [0.3, 0.4) is 0 Å². The summed E-state index contributed by atoms with van der Waals surface area (Å²) >= 11 is 0. The quantitative estimate of drug-likeness (QED) is 0.0956. The fourth-order valence-electron chi connectivity index (χ4n) is 7.04. The summed E-state index contributed by atoms with van der Waals surface area (Å²) in [4.78, 5) is 58.1. The van der Waals surface area contributed by atoms with Crippen molar-refractivity contribution in [1.82, 2.24) is 20.4 Å². The summed E-state index contributed by atoms with van der Waals surface area (Å²) in [6.45, 7) is 4.82. The molecule has 5 aliphatic rings. The molecule has 1 saturated heterocycles. The Hall–Kier alpha value is -5.12. The van der Waals surface area contributed by atoms with Gasteiger partial charge in [0.2, 0.25) is 23.6 Å². The molecule has 1 fully saturated rings. The Morgan fingerprint density at radius 3 is 1.82 bits per heavy atom. The molecular formula is C42H56N8O6S. The van der Waals surface area contributed by atoms with Gasteiger partial charge in [-0.2, -0.15) is 0 Å². The average molecular weight is 801 g/mol. The van der Waals surface area contributed by atoms with Gasteiger partial charge in [-0.25, -0.2) is 8.42 Å². The molecule has 0 unspecified atom stereocenters. The first-order valence-corrected chi connectivity index (χ1v) is 21.6. The molecule has 0 aromatic heterocycles. The lowest BCUT2D eigenvalue weighted by Crippen LogP contribution is -2.51. The molecule has 15 heteroatoms. The normalized spacial score (nSPS) is 21.3. The number of piperazine rings is 1. The summed E-state index contributed by atoms with van der Waals surface area (Å²) in [5, 5.41) is 19.1. The number of fused-ring (bicyclic) bond motifs is 3. The number of nitrogens with one attached hydrogen (secondary N) is 5. The Labute approximate surface area is 335 Å². The van der Waals surface area contributed by atoms with Gasteiger partial charge in [-0.3, -0.25) is 24.6 Å². The number of anilines is 2. The maximum atomic E-state index is 14.2. The zero-order chi connectivity index (χ0) is 40.6. The summed E-state index contributed by atoms with van der Waals surface area (Å²) in [5.74, 6) is -2.82. The van der Waals surface area contributed by atoms with Crippen molar-refractivity contribution in [2.75, 3.05) is 62.2 Å². The predicted molar refractivity (Wildman–Crippen MR) is 222 cm³/mol. The number of amidine groups is 1. The number of unbranched alkanes of at least 4 members (excludes halogenated alkanes) is 2. The molecule has 0 radical (unpaired) electrons. The van der Waals surface area contributed by atoms with Gasteiger partial charge in [0.25, 0.3) is 0 Å². The van der Waals surface area contributed by atoms with Crippen LogP contribution in [0.25, 0.3) is 0 Å². The molecule has 306 valence electrons. The van der Waals surface area contributed by atoms with Gasteiger partial charge in [0.05, 0.1) is 23.3 Å². The van der Waals surface area contributed by atoms with E-state index >= 15 is 0 Å². The van der Waals surface area contributed by atoms with Crippen molar-refractivity contribution in [3.05, 3.63) is 95.6 Å². The fraction of sp³-hybridized carbons (Fsp3) is 0.452. The number of hydrogen-bond donors (Lipinski definition) is 6. The van der Waals surface area contributed by atoms with Crippen molar-refractivity contribution in [2.45, 2.75) is 63.2 Å². The molecule has 8 rings (SSSR count). The summed E-state index contributed by atoms with van der Waals surface area (Å²) in [5.41, 5.74) is 8.71. The Morgan fingerprint density at radius 1 is 0.737 bits per heavy atom. The summed E-state index contributed by atoms with van der Waals surface area (Å²) in [7, 11) is -3.78.